The number of nitrogens with zero attached hydrogens (tertiary/aromatic N) is 2. The fraction of sp³-hybridized carbons (Fsp3) is 0.400. The van der Waals surface area contributed by atoms with E-state index in [9.17, 15) is 0 Å². The van der Waals surface area contributed by atoms with E-state index >= 15 is 0 Å². The van der Waals surface area contributed by atoms with E-state index < -0.39 is 0 Å². The molecule has 0 saturated carbocycles. The molecule has 0 radical (unpaired) electrons. The molecule has 1 fully saturated rings. The zero-order chi connectivity index (χ0) is 14.7. The zero-order valence-electron chi connectivity index (χ0n) is 12.1. The highest BCUT2D eigenvalue weighted by Crippen LogP contribution is 2.25. The number of hydrogen-bond acceptors (Lipinski definition) is 6. The van der Waals surface area contributed by atoms with E-state index in [1.165, 1.54) is 11.5 Å². The molecular weight excluding hydrogens is 284 g/mol. The molecule has 5 nitrogen and oxygen atoms in total. The Hall–Kier alpha value is -1.50. The summed E-state index contributed by atoms with van der Waals surface area (Å²) >= 11 is 2.01. The highest BCUT2D eigenvalue weighted by molar-refractivity contribution is 7.99. The Morgan fingerprint density at radius 2 is 2.14 bits per heavy atom. The van der Waals surface area contributed by atoms with Gasteiger partial charge in [-0.1, -0.05) is 0 Å². The van der Waals surface area contributed by atoms with E-state index in [0.29, 0.717) is 0 Å². The molecule has 21 heavy (non-hydrogen) atoms. The van der Waals surface area contributed by atoms with E-state index in [1.54, 1.807) is 7.11 Å². The van der Waals surface area contributed by atoms with Crippen LogP contribution in [0.3, 0.4) is 0 Å². The lowest BCUT2D eigenvalue weighted by Gasteiger charge is -2.26. The van der Waals surface area contributed by atoms with Crippen LogP contribution >= 0.6 is 11.8 Å². The second-order valence-electron chi connectivity index (χ2n) is 5.09. The van der Waals surface area contributed by atoms with E-state index in [2.05, 4.69) is 21.4 Å². The fourth-order valence-corrected chi connectivity index (χ4v) is 3.54. The topological polar surface area (TPSA) is 63.4 Å². The van der Waals surface area contributed by atoms with Crippen molar-refractivity contribution in [3.63, 3.8) is 0 Å². The van der Waals surface area contributed by atoms with E-state index in [-0.39, 0.29) is 0 Å². The van der Waals surface area contributed by atoms with Crippen LogP contribution in [0.4, 0.5) is 5.82 Å². The molecule has 2 aromatic rings. The minimum absolute atomic E-state index is 0.744. The molecule has 1 saturated heterocycles. The average molecular weight is 304 g/mol. The molecule has 1 aromatic carbocycles. The first kappa shape index (κ1) is 14.4. The van der Waals surface area contributed by atoms with Crippen molar-refractivity contribution >= 4 is 28.5 Å². The number of thioether (sulfide) groups is 1. The number of anilines is 1. The maximum absolute atomic E-state index is 5.65. The van der Waals surface area contributed by atoms with E-state index in [0.717, 1.165) is 47.7 Å². The van der Waals surface area contributed by atoms with Gasteiger partial charge in [0.2, 0.25) is 0 Å². The Bertz CT molecular complexity index is 628. The highest BCUT2D eigenvalue weighted by atomic mass is 32.2. The van der Waals surface area contributed by atoms with Crippen LogP contribution in [-0.4, -0.2) is 41.6 Å². The summed E-state index contributed by atoms with van der Waals surface area (Å²) in [6.45, 7) is 3.12. The van der Waals surface area contributed by atoms with Crippen LogP contribution in [0.15, 0.2) is 24.3 Å². The molecule has 0 aliphatic carbocycles. The highest BCUT2D eigenvalue weighted by Gasteiger charge is 2.14. The van der Waals surface area contributed by atoms with E-state index in [4.69, 9.17) is 10.6 Å². The molecule has 2 heterocycles. The largest absolute Gasteiger partial charge is 0.497 e. The lowest BCUT2D eigenvalue weighted by atomic mass is 10.1. The third kappa shape index (κ3) is 3.23. The molecule has 112 valence electrons. The predicted molar refractivity (Wildman–Crippen MR) is 88.7 cm³/mol. The van der Waals surface area contributed by atoms with Gasteiger partial charge in [0.25, 0.3) is 0 Å². The maximum atomic E-state index is 5.65. The molecule has 3 rings (SSSR count). The summed E-state index contributed by atoms with van der Waals surface area (Å²) in [5, 5.41) is 1.11. The van der Waals surface area contributed by atoms with Gasteiger partial charge in [-0.05, 0) is 18.2 Å². The number of fused-ring (bicyclic) bond motifs is 1. The van der Waals surface area contributed by atoms with Gasteiger partial charge in [-0.25, -0.2) is 10.8 Å². The number of aromatic nitrogens is 1. The summed E-state index contributed by atoms with van der Waals surface area (Å²) in [5.41, 5.74) is 4.76. The summed E-state index contributed by atoms with van der Waals surface area (Å²) in [4.78, 5) is 7.07. The summed E-state index contributed by atoms with van der Waals surface area (Å²) in [6.07, 6.45) is 0. The molecule has 1 aliphatic rings. The number of pyridine rings is 1. The SMILES string of the molecule is COc1ccc2cc(CN3CCSCC3)c(NN)nc2c1. The van der Waals surface area contributed by atoms with Crippen LogP contribution in [0.5, 0.6) is 5.75 Å². The second kappa shape index (κ2) is 6.51. The molecule has 1 aromatic heterocycles. The number of hydrogen-bond donors (Lipinski definition) is 2. The van der Waals surface area contributed by atoms with Crippen LogP contribution < -0.4 is 16.0 Å². The smallest absolute Gasteiger partial charge is 0.145 e. The number of hydrazine groups is 1. The molecule has 0 bridgehead atoms. The van der Waals surface area contributed by atoms with Gasteiger partial charge in [-0.15, -0.1) is 0 Å². The fourth-order valence-electron chi connectivity index (χ4n) is 2.56. The van der Waals surface area contributed by atoms with Crippen molar-refractivity contribution in [3.8, 4) is 5.75 Å². The minimum atomic E-state index is 0.744. The van der Waals surface area contributed by atoms with Crippen molar-refractivity contribution in [1.29, 1.82) is 0 Å². The summed E-state index contributed by atoms with van der Waals surface area (Å²) < 4.78 is 5.25. The Kier molecular flexibility index (Phi) is 4.48. The molecular formula is C15H20N4OS. The molecule has 0 atom stereocenters. The van der Waals surface area contributed by atoms with Crippen molar-refractivity contribution in [3.05, 3.63) is 29.8 Å². The van der Waals surface area contributed by atoms with Crippen molar-refractivity contribution < 1.29 is 4.74 Å². The molecule has 0 amide bonds. The zero-order valence-corrected chi connectivity index (χ0v) is 12.9. The molecule has 0 spiro atoms. The standard InChI is InChI=1S/C15H20N4OS/c1-20-13-3-2-11-8-12(10-19-4-6-21-7-5-19)15(18-16)17-14(11)9-13/h2-3,8-9H,4-7,10,16H2,1H3,(H,17,18). The van der Waals surface area contributed by atoms with Gasteiger partial charge < -0.3 is 10.2 Å². The summed E-state index contributed by atoms with van der Waals surface area (Å²) in [5.74, 6) is 9.60. The first-order valence-electron chi connectivity index (χ1n) is 7.04. The molecule has 1 aliphatic heterocycles. The first-order valence-corrected chi connectivity index (χ1v) is 8.20. The van der Waals surface area contributed by atoms with Gasteiger partial charge in [0.05, 0.1) is 12.6 Å². The molecule has 3 N–H and O–H groups in total. The monoisotopic (exact) mass is 304 g/mol. The average Bonchev–Trinajstić information content (AvgIpc) is 2.54. The van der Waals surface area contributed by atoms with Crippen LogP contribution in [0.2, 0.25) is 0 Å². The van der Waals surface area contributed by atoms with Gasteiger partial charge in [-0.2, -0.15) is 11.8 Å². The normalized spacial score (nSPS) is 16.1. The van der Waals surface area contributed by atoms with Gasteiger partial charge in [0.15, 0.2) is 0 Å². The molecule has 6 heteroatoms. The van der Waals surface area contributed by atoms with E-state index in [1.807, 2.05) is 30.0 Å². The third-order valence-corrected chi connectivity index (χ3v) is 4.68. The van der Waals surface area contributed by atoms with Crippen LogP contribution in [0, 0.1) is 0 Å². The Morgan fingerprint density at radius 1 is 1.33 bits per heavy atom. The number of nitrogens with one attached hydrogen (secondary N) is 1. The number of nitrogens with two attached hydrogens (primary N) is 1. The maximum Gasteiger partial charge on any atom is 0.145 e. The minimum Gasteiger partial charge on any atom is -0.497 e. The van der Waals surface area contributed by atoms with Gasteiger partial charge in [0.1, 0.15) is 11.6 Å². The van der Waals surface area contributed by atoms with Crippen molar-refractivity contribution in [2.75, 3.05) is 37.1 Å². The number of benzene rings is 1. The Balaban J connectivity index is 1.93. The Labute approximate surface area is 128 Å². The van der Waals surface area contributed by atoms with Crippen LogP contribution in [0.25, 0.3) is 10.9 Å². The van der Waals surface area contributed by atoms with Gasteiger partial charge in [0, 0.05) is 48.2 Å². The van der Waals surface area contributed by atoms with Gasteiger partial charge >= 0.3 is 0 Å². The molecule has 0 unspecified atom stereocenters. The van der Waals surface area contributed by atoms with Crippen LogP contribution in [0.1, 0.15) is 5.56 Å². The number of ether oxygens (including phenoxy) is 1. The lowest BCUT2D eigenvalue weighted by Crippen LogP contribution is -2.32. The Morgan fingerprint density at radius 3 is 2.86 bits per heavy atom. The number of rotatable bonds is 4. The summed E-state index contributed by atoms with van der Waals surface area (Å²) in [7, 11) is 1.66. The second-order valence-corrected chi connectivity index (χ2v) is 6.31. The summed E-state index contributed by atoms with van der Waals surface area (Å²) in [6, 6.07) is 8.09. The predicted octanol–water partition coefficient (Wildman–Crippen LogP) is 2.08. The quantitative estimate of drug-likeness (QED) is 0.666. The van der Waals surface area contributed by atoms with Crippen LogP contribution in [-0.2, 0) is 6.54 Å². The third-order valence-electron chi connectivity index (χ3n) is 3.74. The van der Waals surface area contributed by atoms with Gasteiger partial charge in [-0.3, -0.25) is 4.90 Å². The number of nitrogen functional groups attached to an aromatic ring is 1. The van der Waals surface area contributed by atoms with Crippen molar-refractivity contribution in [2.24, 2.45) is 5.84 Å². The lowest BCUT2D eigenvalue weighted by molar-refractivity contribution is 0.295. The first-order chi connectivity index (χ1) is 10.3. The van der Waals surface area contributed by atoms with Crippen molar-refractivity contribution in [2.45, 2.75) is 6.54 Å². The number of methoxy groups -OCH3 is 1. The van der Waals surface area contributed by atoms with Crippen molar-refractivity contribution in [1.82, 2.24) is 9.88 Å².